The number of halogens is 1. The highest BCUT2D eigenvalue weighted by molar-refractivity contribution is 5.73. The summed E-state index contributed by atoms with van der Waals surface area (Å²) in [6, 6.07) is 0.226. The van der Waals surface area contributed by atoms with Crippen LogP contribution in [0.4, 0.5) is 10.3 Å². The Bertz CT molecular complexity index is 387. The molecular formula is C11H15FN4O. The Kier molecular flexibility index (Phi) is 3.51. The molecular weight excluding hydrogens is 223 g/mol. The fourth-order valence-corrected chi connectivity index (χ4v) is 1.98. The van der Waals surface area contributed by atoms with Crippen molar-refractivity contribution in [1.29, 1.82) is 0 Å². The lowest BCUT2D eigenvalue weighted by atomic mass is 10.1. The number of nitrogens with one attached hydrogen (secondary N) is 1. The van der Waals surface area contributed by atoms with Gasteiger partial charge in [-0.2, -0.15) is 0 Å². The van der Waals surface area contributed by atoms with E-state index in [2.05, 4.69) is 15.3 Å². The third-order valence-electron chi connectivity index (χ3n) is 2.79. The predicted octanol–water partition coefficient (Wildman–Crippen LogP) is 0.721. The molecule has 1 fully saturated rings. The van der Waals surface area contributed by atoms with Crippen LogP contribution in [0, 0.1) is 5.82 Å². The highest BCUT2D eigenvalue weighted by atomic mass is 19.1. The van der Waals surface area contributed by atoms with E-state index in [1.807, 2.05) is 4.90 Å². The van der Waals surface area contributed by atoms with Crippen LogP contribution in [0.2, 0.25) is 0 Å². The average molecular weight is 238 g/mol. The van der Waals surface area contributed by atoms with Crippen LogP contribution in [-0.2, 0) is 4.79 Å². The monoisotopic (exact) mass is 238 g/mol. The van der Waals surface area contributed by atoms with E-state index in [1.54, 1.807) is 0 Å². The molecule has 6 heteroatoms. The average Bonchev–Trinajstić information content (AvgIpc) is 2.30. The number of aromatic nitrogens is 2. The minimum Gasteiger partial charge on any atom is -0.353 e. The molecule has 1 aromatic heterocycles. The Morgan fingerprint density at radius 3 is 2.53 bits per heavy atom. The molecule has 1 N–H and O–H groups in total. The molecule has 0 atom stereocenters. The number of hydrogen-bond donors (Lipinski definition) is 1. The van der Waals surface area contributed by atoms with Crippen molar-refractivity contribution in [1.82, 2.24) is 15.3 Å². The third kappa shape index (κ3) is 3.12. The van der Waals surface area contributed by atoms with E-state index in [-0.39, 0.29) is 11.9 Å². The Hall–Kier alpha value is -1.72. The molecule has 1 saturated heterocycles. The zero-order valence-corrected chi connectivity index (χ0v) is 9.69. The molecule has 92 valence electrons. The first-order valence-electron chi connectivity index (χ1n) is 5.65. The number of carbonyl (C=O) groups is 1. The van der Waals surface area contributed by atoms with E-state index in [4.69, 9.17) is 0 Å². The summed E-state index contributed by atoms with van der Waals surface area (Å²) in [6.07, 6.45) is 4.06. The third-order valence-corrected chi connectivity index (χ3v) is 2.79. The van der Waals surface area contributed by atoms with Gasteiger partial charge in [-0.3, -0.25) is 4.79 Å². The van der Waals surface area contributed by atoms with Crippen LogP contribution in [0.15, 0.2) is 12.4 Å². The molecule has 0 aliphatic carbocycles. The number of carbonyl (C=O) groups excluding carboxylic acids is 1. The molecule has 0 aromatic carbocycles. The van der Waals surface area contributed by atoms with Gasteiger partial charge in [-0.1, -0.05) is 0 Å². The first-order chi connectivity index (χ1) is 8.15. The van der Waals surface area contributed by atoms with Gasteiger partial charge in [0, 0.05) is 26.1 Å². The maximum atomic E-state index is 12.7. The lowest BCUT2D eigenvalue weighted by molar-refractivity contribution is -0.119. The lowest BCUT2D eigenvalue weighted by Gasteiger charge is -2.32. The minimum absolute atomic E-state index is 0.00137. The standard InChI is InChI=1S/C11H15FN4O/c1-8(17)15-10-2-4-16(5-3-10)11-13-6-9(12)7-14-11/h6-7,10H,2-5H2,1H3,(H,15,17). The molecule has 5 nitrogen and oxygen atoms in total. The number of piperidine rings is 1. The molecule has 0 unspecified atom stereocenters. The van der Waals surface area contributed by atoms with Gasteiger partial charge >= 0.3 is 0 Å². The van der Waals surface area contributed by atoms with Gasteiger partial charge in [-0.25, -0.2) is 14.4 Å². The number of rotatable bonds is 2. The normalized spacial score (nSPS) is 16.9. The molecule has 0 saturated carbocycles. The molecule has 0 spiro atoms. The van der Waals surface area contributed by atoms with Gasteiger partial charge < -0.3 is 10.2 Å². The van der Waals surface area contributed by atoms with Gasteiger partial charge in [0.2, 0.25) is 11.9 Å². The fraction of sp³-hybridized carbons (Fsp3) is 0.545. The first kappa shape index (κ1) is 11.8. The number of anilines is 1. The van der Waals surface area contributed by atoms with Crippen molar-refractivity contribution < 1.29 is 9.18 Å². The first-order valence-corrected chi connectivity index (χ1v) is 5.65. The van der Waals surface area contributed by atoms with Gasteiger partial charge in [0.15, 0.2) is 5.82 Å². The van der Waals surface area contributed by atoms with Gasteiger partial charge in [0.05, 0.1) is 12.4 Å². The molecule has 2 heterocycles. The lowest BCUT2D eigenvalue weighted by Crippen LogP contribution is -2.44. The summed E-state index contributed by atoms with van der Waals surface area (Å²) in [5, 5.41) is 2.90. The SMILES string of the molecule is CC(=O)NC1CCN(c2ncc(F)cn2)CC1. The Morgan fingerprint density at radius 1 is 1.41 bits per heavy atom. The molecule has 1 amide bonds. The zero-order chi connectivity index (χ0) is 12.3. The summed E-state index contributed by atoms with van der Waals surface area (Å²) in [4.78, 5) is 20.8. The van der Waals surface area contributed by atoms with Crippen LogP contribution in [0.3, 0.4) is 0 Å². The second-order valence-corrected chi connectivity index (χ2v) is 4.16. The Labute approximate surface area is 99.1 Å². The minimum atomic E-state index is -0.429. The smallest absolute Gasteiger partial charge is 0.225 e. The molecule has 1 aliphatic rings. The van der Waals surface area contributed by atoms with Crippen molar-refractivity contribution in [2.24, 2.45) is 0 Å². The molecule has 1 aromatic rings. The number of nitrogens with zero attached hydrogens (tertiary/aromatic N) is 3. The maximum Gasteiger partial charge on any atom is 0.225 e. The van der Waals surface area contributed by atoms with Gasteiger partial charge in [-0.15, -0.1) is 0 Å². The summed E-state index contributed by atoms with van der Waals surface area (Å²) in [5.41, 5.74) is 0. The predicted molar refractivity (Wildman–Crippen MR) is 61.0 cm³/mol. The fourth-order valence-electron chi connectivity index (χ4n) is 1.98. The summed E-state index contributed by atoms with van der Waals surface area (Å²) < 4.78 is 12.7. The van der Waals surface area contributed by atoms with Crippen molar-refractivity contribution >= 4 is 11.9 Å². The highest BCUT2D eigenvalue weighted by Gasteiger charge is 2.21. The zero-order valence-electron chi connectivity index (χ0n) is 9.69. The van der Waals surface area contributed by atoms with Crippen molar-refractivity contribution in [3.8, 4) is 0 Å². The quantitative estimate of drug-likeness (QED) is 0.824. The molecule has 1 aliphatic heterocycles. The van der Waals surface area contributed by atoms with Crippen molar-refractivity contribution in [2.45, 2.75) is 25.8 Å². The topological polar surface area (TPSA) is 58.1 Å². The van der Waals surface area contributed by atoms with Crippen molar-refractivity contribution in [3.63, 3.8) is 0 Å². The van der Waals surface area contributed by atoms with Gasteiger partial charge in [0.25, 0.3) is 0 Å². The van der Waals surface area contributed by atoms with E-state index in [1.165, 1.54) is 19.3 Å². The van der Waals surface area contributed by atoms with Crippen molar-refractivity contribution in [2.75, 3.05) is 18.0 Å². The van der Waals surface area contributed by atoms with E-state index in [0.29, 0.717) is 5.95 Å². The van der Waals surface area contributed by atoms with Crippen LogP contribution in [0.1, 0.15) is 19.8 Å². The van der Waals surface area contributed by atoms with Crippen LogP contribution >= 0.6 is 0 Å². The van der Waals surface area contributed by atoms with Gasteiger partial charge in [0.1, 0.15) is 0 Å². The number of hydrogen-bond acceptors (Lipinski definition) is 4. The van der Waals surface area contributed by atoms with Crippen LogP contribution in [0.25, 0.3) is 0 Å². The summed E-state index contributed by atoms with van der Waals surface area (Å²) in [5.74, 6) is 0.121. The Morgan fingerprint density at radius 2 is 2.00 bits per heavy atom. The van der Waals surface area contributed by atoms with E-state index in [0.717, 1.165) is 25.9 Å². The summed E-state index contributed by atoms with van der Waals surface area (Å²) in [7, 11) is 0. The molecule has 2 rings (SSSR count). The second kappa shape index (κ2) is 5.07. The number of amides is 1. The van der Waals surface area contributed by atoms with E-state index < -0.39 is 5.82 Å². The second-order valence-electron chi connectivity index (χ2n) is 4.16. The molecule has 17 heavy (non-hydrogen) atoms. The molecule has 0 bridgehead atoms. The summed E-state index contributed by atoms with van der Waals surface area (Å²) in [6.45, 7) is 3.07. The highest BCUT2D eigenvalue weighted by Crippen LogP contribution is 2.15. The maximum absolute atomic E-state index is 12.7. The van der Waals surface area contributed by atoms with Crippen molar-refractivity contribution in [3.05, 3.63) is 18.2 Å². The summed E-state index contributed by atoms with van der Waals surface area (Å²) >= 11 is 0. The van der Waals surface area contributed by atoms with E-state index in [9.17, 15) is 9.18 Å². The van der Waals surface area contributed by atoms with Crippen LogP contribution in [-0.4, -0.2) is 35.0 Å². The van der Waals surface area contributed by atoms with E-state index >= 15 is 0 Å². The van der Waals surface area contributed by atoms with Crippen LogP contribution in [0.5, 0.6) is 0 Å². The van der Waals surface area contributed by atoms with Gasteiger partial charge in [-0.05, 0) is 12.8 Å². The Balaban J connectivity index is 1.90. The molecule has 0 radical (unpaired) electrons. The largest absolute Gasteiger partial charge is 0.353 e. The van der Waals surface area contributed by atoms with Crippen LogP contribution < -0.4 is 10.2 Å².